The summed E-state index contributed by atoms with van der Waals surface area (Å²) in [5, 5.41) is 11.4. The predicted octanol–water partition coefficient (Wildman–Crippen LogP) is 1.87. The van der Waals surface area contributed by atoms with Gasteiger partial charge in [-0.3, -0.25) is 19.3 Å². The molecular weight excluding hydrogens is 348 g/mol. The molecule has 1 N–H and O–H groups in total. The van der Waals surface area contributed by atoms with Gasteiger partial charge in [-0.25, -0.2) is 9.69 Å². The van der Waals surface area contributed by atoms with Crippen molar-refractivity contribution >= 4 is 29.4 Å². The zero-order valence-corrected chi connectivity index (χ0v) is 15.0. The standard InChI is InChI=1S/C19H20N4O4/c1-12-5-2-3-8-15(12)23-18(26)17(25)22(19(23)27)11-16(24)21-14-7-4-6-13(9-14)10-20/h4,6-7,9,12,15H,2-3,5,8,11H2,1H3,(H,21,24)/t12-,15-/m0/s1. The number of hydrogen-bond acceptors (Lipinski definition) is 5. The fourth-order valence-corrected chi connectivity index (χ4v) is 3.65. The van der Waals surface area contributed by atoms with Crippen LogP contribution in [0.5, 0.6) is 0 Å². The molecule has 2 aliphatic rings. The summed E-state index contributed by atoms with van der Waals surface area (Å²) in [6.45, 7) is 1.42. The summed E-state index contributed by atoms with van der Waals surface area (Å²) < 4.78 is 0. The number of nitriles is 1. The highest BCUT2D eigenvalue weighted by atomic mass is 16.2. The van der Waals surface area contributed by atoms with Crippen molar-refractivity contribution in [3.05, 3.63) is 29.8 Å². The van der Waals surface area contributed by atoms with Crippen LogP contribution in [0.1, 0.15) is 38.2 Å². The highest BCUT2D eigenvalue weighted by Gasteiger charge is 2.49. The Morgan fingerprint density at radius 2 is 1.96 bits per heavy atom. The molecule has 1 saturated heterocycles. The fourth-order valence-electron chi connectivity index (χ4n) is 3.65. The Balaban J connectivity index is 1.70. The molecule has 2 fully saturated rings. The smallest absolute Gasteiger partial charge is 0.324 e. The van der Waals surface area contributed by atoms with Gasteiger partial charge in [0.15, 0.2) is 0 Å². The summed E-state index contributed by atoms with van der Waals surface area (Å²) >= 11 is 0. The zero-order chi connectivity index (χ0) is 19.6. The maximum absolute atomic E-state index is 12.6. The Kier molecular flexibility index (Phi) is 5.21. The van der Waals surface area contributed by atoms with Crippen LogP contribution >= 0.6 is 0 Å². The van der Waals surface area contributed by atoms with Crippen LogP contribution in [0.15, 0.2) is 24.3 Å². The highest BCUT2D eigenvalue weighted by molar-refractivity contribution is 6.45. The minimum absolute atomic E-state index is 0.127. The van der Waals surface area contributed by atoms with E-state index >= 15 is 0 Å². The first-order valence-electron chi connectivity index (χ1n) is 8.91. The number of nitrogens with zero attached hydrogens (tertiary/aromatic N) is 3. The molecular formula is C19H20N4O4. The van der Waals surface area contributed by atoms with Crippen molar-refractivity contribution in [2.24, 2.45) is 5.92 Å². The van der Waals surface area contributed by atoms with Gasteiger partial charge in [0.2, 0.25) is 5.91 Å². The molecule has 1 aliphatic carbocycles. The Morgan fingerprint density at radius 3 is 2.67 bits per heavy atom. The molecule has 8 nitrogen and oxygen atoms in total. The monoisotopic (exact) mass is 368 g/mol. The van der Waals surface area contributed by atoms with E-state index in [4.69, 9.17) is 5.26 Å². The quantitative estimate of drug-likeness (QED) is 0.644. The van der Waals surface area contributed by atoms with Gasteiger partial charge >= 0.3 is 17.8 Å². The van der Waals surface area contributed by atoms with Crippen LogP contribution in [-0.4, -0.2) is 46.1 Å². The lowest BCUT2D eigenvalue weighted by atomic mass is 9.85. The average molecular weight is 368 g/mol. The van der Waals surface area contributed by atoms with Gasteiger partial charge in [-0.05, 0) is 37.0 Å². The van der Waals surface area contributed by atoms with Gasteiger partial charge in [0.05, 0.1) is 11.6 Å². The molecule has 3 rings (SSSR count). The van der Waals surface area contributed by atoms with E-state index in [2.05, 4.69) is 5.32 Å². The van der Waals surface area contributed by atoms with Crippen LogP contribution in [0.4, 0.5) is 10.5 Å². The lowest BCUT2D eigenvalue weighted by molar-refractivity contribution is -0.145. The summed E-state index contributed by atoms with van der Waals surface area (Å²) in [4.78, 5) is 51.2. The number of benzene rings is 1. The number of imide groups is 2. The molecule has 1 aromatic rings. The molecule has 27 heavy (non-hydrogen) atoms. The molecule has 5 amide bonds. The third kappa shape index (κ3) is 3.67. The summed E-state index contributed by atoms with van der Waals surface area (Å²) in [5.41, 5.74) is 0.746. The van der Waals surface area contributed by atoms with Gasteiger partial charge in [-0.1, -0.05) is 25.8 Å². The number of hydrogen-bond donors (Lipinski definition) is 1. The Morgan fingerprint density at radius 1 is 1.22 bits per heavy atom. The van der Waals surface area contributed by atoms with Crippen LogP contribution in [-0.2, 0) is 14.4 Å². The second-order valence-corrected chi connectivity index (χ2v) is 6.92. The van der Waals surface area contributed by atoms with E-state index in [1.165, 1.54) is 6.07 Å². The molecule has 0 bridgehead atoms. The summed E-state index contributed by atoms with van der Waals surface area (Å²) in [6, 6.07) is 7.19. The van der Waals surface area contributed by atoms with Gasteiger partial charge in [-0.2, -0.15) is 5.26 Å². The van der Waals surface area contributed by atoms with Crippen molar-refractivity contribution in [3.8, 4) is 6.07 Å². The van der Waals surface area contributed by atoms with Crippen molar-refractivity contribution < 1.29 is 19.2 Å². The van der Waals surface area contributed by atoms with Crippen LogP contribution in [0.3, 0.4) is 0 Å². The van der Waals surface area contributed by atoms with Crippen molar-refractivity contribution in [2.45, 2.75) is 38.6 Å². The number of anilines is 1. The minimum Gasteiger partial charge on any atom is -0.324 e. The fraction of sp³-hybridized carbons (Fsp3) is 0.421. The van der Waals surface area contributed by atoms with Crippen LogP contribution in [0.2, 0.25) is 0 Å². The second-order valence-electron chi connectivity index (χ2n) is 6.92. The number of amides is 5. The topological polar surface area (TPSA) is 111 Å². The van der Waals surface area contributed by atoms with E-state index in [9.17, 15) is 19.2 Å². The van der Waals surface area contributed by atoms with Crippen LogP contribution in [0.25, 0.3) is 0 Å². The van der Waals surface area contributed by atoms with Crippen molar-refractivity contribution in [1.82, 2.24) is 9.80 Å². The number of carbonyl (C=O) groups excluding carboxylic acids is 4. The van der Waals surface area contributed by atoms with Gasteiger partial charge in [-0.15, -0.1) is 0 Å². The van der Waals surface area contributed by atoms with Crippen molar-refractivity contribution in [1.29, 1.82) is 5.26 Å². The Bertz CT molecular complexity index is 844. The first kappa shape index (κ1) is 18.6. The molecule has 1 heterocycles. The van der Waals surface area contributed by atoms with Crippen LogP contribution < -0.4 is 5.32 Å². The van der Waals surface area contributed by atoms with E-state index in [1.54, 1.807) is 18.2 Å². The predicted molar refractivity (Wildman–Crippen MR) is 95.2 cm³/mol. The third-order valence-corrected chi connectivity index (χ3v) is 5.06. The number of rotatable bonds is 4. The molecule has 8 heteroatoms. The Hall–Kier alpha value is -3.21. The minimum atomic E-state index is -0.973. The molecule has 1 saturated carbocycles. The summed E-state index contributed by atoms with van der Waals surface area (Å²) in [7, 11) is 0. The van der Waals surface area contributed by atoms with Gasteiger partial charge < -0.3 is 5.32 Å². The summed E-state index contributed by atoms with van der Waals surface area (Å²) in [6.07, 6.45) is 3.50. The van der Waals surface area contributed by atoms with E-state index in [1.807, 2.05) is 13.0 Å². The first-order valence-corrected chi connectivity index (χ1v) is 8.91. The second kappa shape index (κ2) is 7.58. The number of nitrogens with one attached hydrogen (secondary N) is 1. The first-order chi connectivity index (χ1) is 12.9. The zero-order valence-electron chi connectivity index (χ0n) is 15.0. The SMILES string of the molecule is C[C@H]1CCCC[C@@H]1N1C(=O)C(=O)N(CC(=O)Nc2cccc(C#N)c2)C1=O. The molecule has 0 spiro atoms. The van der Waals surface area contributed by atoms with Gasteiger partial charge in [0.25, 0.3) is 0 Å². The Labute approximate surface area is 156 Å². The normalized spacial score (nSPS) is 22.7. The van der Waals surface area contributed by atoms with Crippen LogP contribution in [0, 0.1) is 17.2 Å². The van der Waals surface area contributed by atoms with E-state index in [0.29, 0.717) is 22.6 Å². The van der Waals surface area contributed by atoms with Crippen molar-refractivity contribution in [2.75, 3.05) is 11.9 Å². The molecule has 1 aromatic carbocycles. The number of carbonyl (C=O) groups is 4. The third-order valence-electron chi connectivity index (χ3n) is 5.06. The molecule has 0 aromatic heterocycles. The van der Waals surface area contributed by atoms with Gasteiger partial charge in [0, 0.05) is 11.7 Å². The largest absolute Gasteiger partial charge is 0.334 e. The molecule has 140 valence electrons. The number of urea groups is 1. The van der Waals surface area contributed by atoms with Gasteiger partial charge in [0.1, 0.15) is 6.54 Å². The van der Waals surface area contributed by atoms with E-state index < -0.39 is 30.3 Å². The molecule has 0 unspecified atom stereocenters. The maximum atomic E-state index is 12.6. The molecule has 1 aliphatic heterocycles. The highest BCUT2D eigenvalue weighted by Crippen LogP contribution is 2.31. The average Bonchev–Trinajstić information content (AvgIpc) is 2.86. The van der Waals surface area contributed by atoms with E-state index in [0.717, 1.165) is 24.2 Å². The molecule has 2 atom stereocenters. The lowest BCUT2D eigenvalue weighted by Crippen LogP contribution is -2.46. The molecule has 0 radical (unpaired) electrons. The summed E-state index contributed by atoms with van der Waals surface area (Å²) in [5.74, 6) is -2.32. The lowest BCUT2D eigenvalue weighted by Gasteiger charge is -2.34. The maximum Gasteiger partial charge on any atom is 0.334 e. The van der Waals surface area contributed by atoms with E-state index in [-0.39, 0.29) is 12.0 Å². The van der Waals surface area contributed by atoms with Crippen molar-refractivity contribution in [3.63, 3.8) is 0 Å².